The van der Waals surface area contributed by atoms with Gasteiger partial charge in [0, 0.05) is 32.3 Å². The van der Waals surface area contributed by atoms with Crippen molar-refractivity contribution in [3.63, 3.8) is 0 Å². The Kier molecular flexibility index (Phi) is 7.89. The highest BCUT2D eigenvalue weighted by Crippen LogP contribution is 2.70. The van der Waals surface area contributed by atoms with Crippen LogP contribution in [-0.4, -0.2) is 0 Å². The van der Waals surface area contributed by atoms with E-state index in [1.807, 2.05) is 11.8 Å². The Labute approximate surface area is 338 Å². The van der Waals surface area contributed by atoms with E-state index in [9.17, 15) is 0 Å². The van der Waals surface area contributed by atoms with Crippen LogP contribution in [0, 0.1) is 23.7 Å². The van der Waals surface area contributed by atoms with Gasteiger partial charge >= 0.3 is 0 Å². The van der Waals surface area contributed by atoms with Crippen LogP contribution in [0.1, 0.15) is 94.9 Å². The predicted octanol–water partition coefficient (Wildman–Crippen LogP) is 15.0. The molecule has 4 saturated carbocycles. The molecule has 2 heteroatoms. The standard InChI is InChI=1S/C54H53NS/c1-52(2)25-26-53(3,4)48-33-43(23-24-46(48)52)55(42-21-19-38(20-22-42)37-13-7-5-8-14-37)44-32-45(39-15-9-6-10-16-39)51-49(34-44)54(47-17-11-12-18-50(47)56-51)40-28-35-27-36(30-40)31-41(54)29-35/h5-24,32-36,40-41H,25-31H2,1-4H3. The lowest BCUT2D eigenvalue weighted by molar-refractivity contribution is -0.0443. The SMILES string of the molecule is CC1(C)CCC(C)(C)c2cc(N(c3ccc(-c4ccccc4)cc3)c3cc(-c4ccccc4)c4c(c3)C3(c5ccccc5S4)C4CC5CC(C4)CC3C5)ccc21. The Balaban J connectivity index is 1.18. The van der Waals surface area contributed by atoms with Crippen molar-refractivity contribution in [1.29, 1.82) is 0 Å². The highest BCUT2D eigenvalue weighted by Gasteiger charge is 2.61. The molecule has 12 rings (SSSR count). The number of rotatable bonds is 5. The van der Waals surface area contributed by atoms with Gasteiger partial charge in [0.05, 0.1) is 0 Å². The third-order valence-corrected chi connectivity index (χ3v) is 16.4. The van der Waals surface area contributed by atoms with E-state index < -0.39 is 0 Å². The first-order valence-electron chi connectivity index (χ1n) is 21.3. The fraction of sp³-hybridized carbons (Fsp3) is 0.333. The van der Waals surface area contributed by atoms with Crippen molar-refractivity contribution in [2.75, 3.05) is 4.90 Å². The Morgan fingerprint density at radius 2 is 1.02 bits per heavy atom. The van der Waals surface area contributed by atoms with Gasteiger partial charge in [-0.1, -0.05) is 137 Å². The third-order valence-electron chi connectivity index (χ3n) is 15.2. The molecule has 6 aliphatic rings. The van der Waals surface area contributed by atoms with Gasteiger partial charge in [0.2, 0.25) is 0 Å². The molecule has 56 heavy (non-hydrogen) atoms. The summed E-state index contributed by atoms with van der Waals surface area (Å²) in [5.74, 6) is 3.16. The van der Waals surface area contributed by atoms with E-state index in [0.29, 0.717) is 11.8 Å². The molecule has 1 spiro atoms. The molecule has 1 aliphatic heterocycles. The number of nitrogens with zero attached hydrogens (tertiary/aromatic N) is 1. The van der Waals surface area contributed by atoms with Crippen LogP contribution in [0.4, 0.5) is 17.1 Å². The second-order valence-electron chi connectivity index (χ2n) is 19.3. The molecule has 6 aromatic carbocycles. The summed E-state index contributed by atoms with van der Waals surface area (Å²) >= 11 is 2.03. The molecule has 4 fully saturated rings. The lowest BCUT2D eigenvalue weighted by atomic mass is 9.42. The van der Waals surface area contributed by atoms with Gasteiger partial charge in [-0.15, -0.1) is 0 Å². The van der Waals surface area contributed by atoms with Gasteiger partial charge in [-0.05, 0) is 166 Å². The van der Waals surface area contributed by atoms with Gasteiger partial charge < -0.3 is 4.90 Å². The molecule has 1 nitrogen and oxygen atoms in total. The van der Waals surface area contributed by atoms with Crippen LogP contribution in [0.3, 0.4) is 0 Å². The molecule has 0 aromatic heterocycles. The number of benzene rings is 6. The second kappa shape index (κ2) is 12.7. The molecule has 0 N–H and O–H groups in total. The summed E-state index contributed by atoms with van der Waals surface area (Å²) in [4.78, 5) is 5.57. The van der Waals surface area contributed by atoms with Crippen LogP contribution < -0.4 is 4.90 Å². The summed E-state index contributed by atoms with van der Waals surface area (Å²) in [7, 11) is 0. The minimum Gasteiger partial charge on any atom is -0.310 e. The maximum atomic E-state index is 2.69. The fourth-order valence-corrected chi connectivity index (χ4v) is 13.9. The van der Waals surface area contributed by atoms with Gasteiger partial charge in [-0.25, -0.2) is 0 Å². The minimum atomic E-state index is 0.0365. The van der Waals surface area contributed by atoms with Gasteiger partial charge in [0.15, 0.2) is 0 Å². The van der Waals surface area contributed by atoms with E-state index in [2.05, 4.69) is 172 Å². The molecular formula is C54H53NS. The number of anilines is 3. The topological polar surface area (TPSA) is 3.24 Å². The summed E-state index contributed by atoms with van der Waals surface area (Å²) in [5.41, 5.74) is 15.4. The van der Waals surface area contributed by atoms with Crippen molar-refractivity contribution in [2.24, 2.45) is 23.7 Å². The predicted molar refractivity (Wildman–Crippen MR) is 236 cm³/mol. The fourth-order valence-electron chi connectivity index (χ4n) is 12.5. The van der Waals surface area contributed by atoms with Gasteiger partial charge in [-0.2, -0.15) is 0 Å². The number of hydrogen-bond acceptors (Lipinski definition) is 2. The molecule has 280 valence electrons. The van der Waals surface area contributed by atoms with E-state index >= 15 is 0 Å². The maximum absolute atomic E-state index is 2.69. The third kappa shape index (κ3) is 5.27. The zero-order chi connectivity index (χ0) is 37.8. The number of fused-ring (bicyclic) bond motifs is 3. The normalized spacial score (nSPS) is 26.0. The van der Waals surface area contributed by atoms with Crippen LogP contribution >= 0.6 is 11.8 Å². The molecule has 5 aliphatic carbocycles. The lowest BCUT2D eigenvalue weighted by Gasteiger charge is -2.63. The molecule has 0 saturated heterocycles. The summed E-state index contributed by atoms with van der Waals surface area (Å²) in [6.45, 7) is 9.80. The lowest BCUT2D eigenvalue weighted by Crippen LogP contribution is -2.57. The van der Waals surface area contributed by atoms with Crippen molar-refractivity contribution in [3.8, 4) is 22.3 Å². The zero-order valence-electron chi connectivity index (χ0n) is 33.4. The monoisotopic (exact) mass is 747 g/mol. The van der Waals surface area contributed by atoms with Crippen molar-refractivity contribution >= 4 is 28.8 Å². The molecule has 1 heterocycles. The largest absolute Gasteiger partial charge is 0.310 e. The van der Waals surface area contributed by atoms with E-state index in [0.717, 1.165) is 11.8 Å². The van der Waals surface area contributed by atoms with Crippen molar-refractivity contribution < 1.29 is 0 Å². The van der Waals surface area contributed by atoms with E-state index in [-0.39, 0.29) is 16.2 Å². The van der Waals surface area contributed by atoms with Crippen LogP contribution in [0.5, 0.6) is 0 Å². The first-order chi connectivity index (χ1) is 27.2. The highest BCUT2D eigenvalue weighted by molar-refractivity contribution is 7.99. The van der Waals surface area contributed by atoms with E-state index in [1.165, 1.54) is 105 Å². The van der Waals surface area contributed by atoms with E-state index in [4.69, 9.17) is 0 Å². The average molecular weight is 748 g/mol. The molecule has 0 unspecified atom stereocenters. The zero-order valence-corrected chi connectivity index (χ0v) is 34.2. The van der Waals surface area contributed by atoms with Crippen LogP contribution in [0.25, 0.3) is 22.3 Å². The molecular weight excluding hydrogens is 695 g/mol. The minimum absolute atomic E-state index is 0.0365. The number of hydrogen-bond donors (Lipinski definition) is 0. The molecule has 0 radical (unpaired) electrons. The Hall–Kier alpha value is -4.53. The van der Waals surface area contributed by atoms with Crippen LogP contribution in [-0.2, 0) is 16.2 Å². The summed E-state index contributed by atoms with van der Waals surface area (Å²) in [6, 6.07) is 53.7. The first kappa shape index (κ1) is 34.7. The molecule has 0 atom stereocenters. The second-order valence-corrected chi connectivity index (χ2v) is 20.3. The molecule has 6 aromatic rings. The smallest absolute Gasteiger partial charge is 0.0471 e. The van der Waals surface area contributed by atoms with Crippen LogP contribution in [0.15, 0.2) is 149 Å². The summed E-state index contributed by atoms with van der Waals surface area (Å²) in [6.07, 6.45) is 9.36. The summed E-state index contributed by atoms with van der Waals surface area (Å²) < 4.78 is 0. The van der Waals surface area contributed by atoms with Crippen molar-refractivity contribution in [3.05, 3.63) is 162 Å². The van der Waals surface area contributed by atoms with Gasteiger partial charge in [0.1, 0.15) is 0 Å². The average Bonchev–Trinajstić information content (AvgIpc) is 3.22. The Bertz CT molecular complexity index is 2430. The quantitative estimate of drug-likeness (QED) is 0.173. The Morgan fingerprint density at radius 3 is 1.70 bits per heavy atom. The summed E-state index contributed by atoms with van der Waals surface area (Å²) in [5, 5.41) is 0. The Morgan fingerprint density at radius 1 is 0.464 bits per heavy atom. The van der Waals surface area contributed by atoms with Crippen molar-refractivity contribution in [2.45, 2.75) is 98.7 Å². The van der Waals surface area contributed by atoms with Gasteiger partial charge in [-0.3, -0.25) is 0 Å². The highest BCUT2D eigenvalue weighted by atomic mass is 32.2. The van der Waals surface area contributed by atoms with Crippen molar-refractivity contribution in [1.82, 2.24) is 0 Å². The van der Waals surface area contributed by atoms with E-state index in [1.54, 1.807) is 11.1 Å². The first-order valence-corrected chi connectivity index (χ1v) is 22.1. The van der Waals surface area contributed by atoms with Gasteiger partial charge in [0.25, 0.3) is 0 Å². The molecule has 0 amide bonds. The maximum Gasteiger partial charge on any atom is 0.0471 e. The molecule has 4 bridgehead atoms. The van der Waals surface area contributed by atoms with Crippen LogP contribution in [0.2, 0.25) is 0 Å².